The topological polar surface area (TPSA) is 55.4 Å². The Morgan fingerprint density at radius 2 is 1.91 bits per heavy atom. The Labute approximate surface area is 137 Å². The minimum absolute atomic E-state index is 0.140. The van der Waals surface area contributed by atoms with E-state index in [4.69, 9.17) is 4.74 Å². The highest BCUT2D eigenvalue weighted by Gasteiger charge is 2.23. The lowest BCUT2D eigenvalue weighted by molar-refractivity contribution is 0.267. The molecule has 2 aromatic carbocycles. The third-order valence-corrected chi connectivity index (χ3v) is 5.81. The van der Waals surface area contributed by atoms with Gasteiger partial charge in [-0.25, -0.2) is 13.1 Å². The molecule has 0 bridgehead atoms. The van der Waals surface area contributed by atoms with E-state index in [0.717, 1.165) is 28.9 Å². The molecule has 0 aromatic heterocycles. The predicted octanol–water partition coefficient (Wildman–Crippen LogP) is 3.15. The molecule has 0 spiro atoms. The quantitative estimate of drug-likeness (QED) is 0.936. The van der Waals surface area contributed by atoms with Gasteiger partial charge in [-0.1, -0.05) is 24.3 Å². The Bertz CT molecular complexity index is 815. The van der Waals surface area contributed by atoms with Crippen LogP contribution in [0.15, 0.2) is 47.4 Å². The summed E-state index contributed by atoms with van der Waals surface area (Å²) in [4.78, 5) is 0.320. The van der Waals surface area contributed by atoms with E-state index >= 15 is 0 Å². The molecule has 0 saturated heterocycles. The van der Waals surface area contributed by atoms with E-state index in [9.17, 15) is 8.42 Å². The monoisotopic (exact) mass is 331 g/mol. The lowest BCUT2D eigenvalue weighted by Gasteiger charge is -2.26. The van der Waals surface area contributed by atoms with E-state index in [0.29, 0.717) is 18.0 Å². The maximum absolute atomic E-state index is 12.5. The number of aryl methyl sites for hydroxylation is 2. The number of hydrogen-bond acceptors (Lipinski definition) is 3. The van der Waals surface area contributed by atoms with Crippen molar-refractivity contribution in [1.82, 2.24) is 4.72 Å². The predicted molar refractivity (Wildman–Crippen MR) is 90.4 cm³/mol. The van der Waals surface area contributed by atoms with Crippen molar-refractivity contribution in [2.24, 2.45) is 0 Å². The SMILES string of the molecule is Cc1ccc(S(=O)(=O)NCC2CCOc3ccccc32)cc1C. The summed E-state index contributed by atoms with van der Waals surface area (Å²) in [6.07, 6.45) is 0.812. The molecule has 0 fully saturated rings. The molecule has 1 aliphatic rings. The van der Waals surface area contributed by atoms with Gasteiger partial charge in [0.25, 0.3) is 0 Å². The van der Waals surface area contributed by atoms with Crippen LogP contribution in [-0.2, 0) is 10.0 Å². The van der Waals surface area contributed by atoms with Gasteiger partial charge in [-0.2, -0.15) is 0 Å². The lowest BCUT2D eigenvalue weighted by Crippen LogP contribution is -2.30. The zero-order valence-electron chi connectivity index (χ0n) is 13.4. The van der Waals surface area contributed by atoms with Gasteiger partial charge in [0, 0.05) is 12.5 Å². The molecule has 5 heteroatoms. The first-order valence-electron chi connectivity index (χ1n) is 7.76. The van der Waals surface area contributed by atoms with Gasteiger partial charge in [0.1, 0.15) is 5.75 Å². The summed E-state index contributed by atoms with van der Waals surface area (Å²) < 4.78 is 33.4. The van der Waals surface area contributed by atoms with Crippen molar-refractivity contribution in [1.29, 1.82) is 0 Å². The fraction of sp³-hybridized carbons (Fsp3) is 0.333. The molecule has 1 atom stereocenters. The van der Waals surface area contributed by atoms with Crippen molar-refractivity contribution in [3.63, 3.8) is 0 Å². The number of para-hydroxylation sites is 1. The second-order valence-corrected chi connectivity index (χ2v) is 7.74. The number of sulfonamides is 1. The molecular weight excluding hydrogens is 310 g/mol. The van der Waals surface area contributed by atoms with Gasteiger partial charge in [0.2, 0.25) is 10.0 Å². The van der Waals surface area contributed by atoms with E-state index in [1.165, 1.54) is 0 Å². The second kappa shape index (κ2) is 6.34. The Balaban J connectivity index is 1.76. The van der Waals surface area contributed by atoms with Crippen LogP contribution >= 0.6 is 0 Å². The minimum Gasteiger partial charge on any atom is -0.493 e. The van der Waals surface area contributed by atoms with Gasteiger partial charge in [0.15, 0.2) is 0 Å². The molecule has 1 unspecified atom stereocenters. The van der Waals surface area contributed by atoms with Crippen LogP contribution in [0, 0.1) is 13.8 Å². The Hall–Kier alpha value is -1.85. The van der Waals surface area contributed by atoms with Gasteiger partial charge < -0.3 is 4.74 Å². The molecular formula is C18H21NO3S. The summed E-state index contributed by atoms with van der Waals surface area (Å²) in [5.74, 6) is 0.996. The van der Waals surface area contributed by atoms with Crippen LogP contribution in [0.3, 0.4) is 0 Å². The number of fused-ring (bicyclic) bond motifs is 1. The van der Waals surface area contributed by atoms with Gasteiger partial charge in [-0.05, 0) is 55.2 Å². The minimum atomic E-state index is -3.49. The lowest BCUT2D eigenvalue weighted by atomic mass is 9.93. The van der Waals surface area contributed by atoms with Gasteiger partial charge in [-0.15, -0.1) is 0 Å². The summed E-state index contributed by atoms with van der Waals surface area (Å²) in [6.45, 7) is 4.89. The molecule has 0 saturated carbocycles. The molecule has 23 heavy (non-hydrogen) atoms. The summed E-state index contributed by atoms with van der Waals surface area (Å²) in [5.41, 5.74) is 3.13. The number of benzene rings is 2. The van der Waals surface area contributed by atoms with Crippen molar-refractivity contribution in [2.45, 2.75) is 31.1 Å². The molecule has 122 valence electrons. The molecule has 2 aromatic rings. The van der Waals surface area contributed by atoms with Crippen LogP contribution < -0.4 is 9.46 Å². The van der Waals surface area contributed by atoms with Gasteiger partial charge in [0.05, 0.1) is 11.5 Å². The summed E-state index contributed by atoms with van der Waals surface area (Å²) in [7, 11) is -3.49. The summed E-state index contributed by atoms with van der Waals surface area (Å²) in [6, 6.07) is 13.0. The first-order chi connectivity index (χ1) is 11.0. The van der Waals surface area contributed by atoms with Crippen LogP contribution in [0.2, 0.25) is 0 Å². The Morgan fingerprint density at radius 3 is 2.70 bits per heavy atom. The van der Waals surface area contributed by atoms with Gasteiger partial charge >= 0.3 is 0 Å². The molecule has 0 amide bonds. The molecule has 4 nitrogen and oxygen atoms in total. The third kappa shape index (κ3) is 3.41. The zero-order valence-corrected chi connectivity index (χ0v) is 14.2. The molecule has 1 heterocycles. The fourth-order valence-electron chi connectivity index (χ4n) is 2.80. The number of hydrogen-bond donors (Lipinski definition) is 1. The van der Waals surface area contributed by atoms with Crippen molar-refractivity contribution in [3.05, 3.63) is 59.2 Å². The first kappa shape index (κ1) is 16.0. The van der Waals surface area contributed by atoms with Crippen molar-refractivity contribution >= 4 is 10.0 Å². The van der Waals surface area contributed by atoms with Crippen molar-refractivity contribution in [3.8, 4) is 5.75 Å². The van der Waals surface area contributed by atoms with Crippen molar-refractivity contribution < 1.29 is 13.2 Å². The molecule has 1 aliphatic heterocycles. The van der Waals surface area contributed by atoms with E-state index in [1.807, 2.05) is 44.2 Å². The van der Waals surface area contributed by atoms with E-state index in [1.54, 1.807) is 12.1 Å². The summed E-state index contributed by atoms with van der Waals surface area (Å²) in [5, 5.41) is 0. The normalized spacial score (nSPS) is 17.4. The Kier molecular flexibility index (Phi) is 4.41. The standard InChI is InChI=1S/C18H21NO3S/c1-13-7-8-16(11-14(13)2)23(20,21)19-12-15-9-10-22-18-6-4-3-5-17(15)18/h3-8,11,15,19H,9-10,12H2,1-2H3. The summed E-state index contributed by atoms with van der Waals surface area (Å²) >= 11 is 0. The van der Waals surface area contributed by atoms with Crippen molar-refractivity contribution in [2.75, 3.05) is 13.2 Å². The average molecular weight is 331 g/mol. The fourth-order valence-corrected chi connectivity index (χ4v) is 3.97. The Morgan fingerprint density at radius 1 is 1.13 bits per heavy atom. The van der Waals surface area contributed by atoms with E-state index < -0.39 is 10.0 Å². The molecule has 1 N–H and O–H groups in total. The third-order valence-electron chi connectivity index (χ3n) is 4.39. The number of ether oxygens (including phenoxy) is 1. The van der Waals surface area contributed by atoms with E-state index in [-0.39, 0.29) is 5.92 Å². The number of rotatable bonds is 4. The highest BCUT2D eigenvalue weighted by Crippen LogP contribution is 2.33. The van der Waals surface area contributed by atoms with E-state index in [2.05, 4.69) is 4.72 Å². The zero-order chi connectivity index (χ0) is 16.4. The largest absolute Gasteiger partial charge is 0.493 e. The highest BCUT2D eigenvalue weighted by atomic mass is 32.2. The van der Waals surface area contributed by atoms with Crippen LogP contribution in [0.5, 0.6) is 5.75 Å². The number of nitrogens with one attached hydrogen (secondary N) is 1. The highest BCUT2D eigenvalue weighted by molar-refractivity contribution is 7.89. The maximum atomic E-state index is 12.5. The molecule has 0 aliphatic carbocycles. The van der Waals surface area contributed by atoms with Crippen LogP contribution in [0.25, 0.3) is 0 Å². The maximum Gasteiger partial charge on any atom is 0.240 e. The molecule has 3 rings (SSSR count). The smallest absolute Gasteiger partial charge is 0.240 e. The first-order valence-corrected chi connectivity index (χ1v) is 9.24. The van der Waals surface area contributed by atoms with Crippen LogP contribution in [-0.4, -0.2) is 21.6 Å². The molecule has 0 radical (unpaired) electrons. The average Bonchev–Trinajstić information content (AvgIpc) is 2.55. The van der Waals surface area contributed by atoms with Gasteiger partial charge in [-0.3, -0.25) is 0 Å². The van der Waals surface area contributed by atoms with Crippen LogP contribution in [0.1, 0.15) is 29.0 Å². The van der Waals surface area contributed by atoms with Crippen LogP contribution in [0.4, 0.5) is 0 Å². The second-order valence-electron chi connectivity index (χ2n) is 5.97.